The Balaban J connectivity index is 2.82. The maximum atomic E-state index is 10.9. The first-order chi connectivity index (χ1) is 7.51. The highest BCUT2D eigenvalue weighted by molar-refractivity contribution is 5.66. The Labute approximate surface area is 94.4 Å². The number of hydrogen-bond donors (Lipinski definition) is 1. The van der Waals surface area contributed by atoms with Crippen LogP contribution in [0.5, 0.6) is 0 Å². The number of carbonyl (C=O) groups is 1. The van der Waals surface area contributed by atoms with E-state index in [2.05, 4.69) is 0 Å². The van der Waals surface area contributed by atoms with Crippen LogP contribution in [-0.2, 0) is 23.7 Å². The van der Waals surface area contributed by atoms with Gasteiger partial charge in [-0.3, -0.25) is 4.79 Å². The zero-order valence-electron chi connectivity index (χ0n) is 9.88. The molecule has 1 heterocycles. The number of aliphatic hydroxyl groups excluding tert-OH is 1. The molecule has 6 nitrogen and oxygen atoms in total. The van der Waals surface area contributed by atoms with Crippen molar-refractivity contribution in [1.29, 1.82) is 0 Å². The Bertz CT molecular complexity index is 243. The summed E-state index contributed by atoms with van der Waals surface area (Å²) in [5, 5.41) is 9.67. The highest BCUT2D eigenvalue weighted by Gasteiger charge is 2.46. The maximum absolute atomic E-state index is 10.9. The second kappa shape index (κ2) is 5.58. The van der Waals surface area contributed by atoms with Gasteiger partial charge in [-0.1, -0.05) is 0 Å². The third-order valence-corrected chi connectivity index (χ3v) is 2.59. The van der Waals surface area contributed by atoms with E-state index in [0.29, 0.717) is 0 Å². The van der Waals surface area contributed by atoms with Crippen LogP contribution in [0.25, 0.3) is 0 Å². The van der Waals surface area contributed by atoms with Crippen molar-refractivity contribution in [3.8, 4) is 0 Å². The molecule has 94 valence electrons. The zero-order chi connectivity index (χ0) is 12.3. The largest absolute Gasteiger partial charge is 0.454 e. The fourth-order valence-corrected chi connectivity index (χ4v) is 1.90. The molecule has 0 amide bonds. The number of ether oxygens (including phenoxy) is 4. The quantitative estimate of drug-likeness (QED) is 0.675. The monoisotopic (exact) mass is 234 g/mol. The minimum atomic E-state index is -1.20. The van der Waals surface area contributed by atoms with Gasteiger partial charge < -0.3 is 24.1 Å². The van der Waals surface area contributed by atoms with Gasteiger partial charge in [0.05, 0.1) is 6.10 Å². The van der Waals surface area contributed by atoms with Gasteiger partial charge in [0, 0.05) is 21.1 Å². The standard InChI is InChI=1S/C10H18O6/c1-5-7(13-3)8(14-4)9(10(12)15-5)16-6(2)11/h5,7-10,12H,1-4H3. The molecule has 0 bridgehead atoms. The summed E-state index contributed by atoms with van der Waals surface area (Å²) >= 11 is 0. The molecule has 1 N–H and O–H groups in total. The first-order valence-corrected chi connectivity index (χ1v) is 5.07. The summed E-state index contributed by atoms with van der Waals surface area (Å²) in [4.78, 5) is 10.9. The third-order valence-electron chi connectivity index (χ3n) is 2.59. The fraction of sp³-hybridized carbons (Fsp3) is 0.900. The average Bonchev–Trinajstić information content (AvgIpc) is 2.20. The van der Waals surface area contributed by atoms with Gasteiger partial charge >= 0.3 is 5.97 Å². The van der Waals surface area contributed by atoms with Gasteiger partial charge in [0.15, 0.2) is 12.4 Å². The predicted octanol–water partition coefficient (Wildman–Crippen LogP) is -0.315. The molecule has 0 aromatic carbocycles. The van der Waals surface area contributed by atoms with Gasteiger partial charge in [-0.2, -0.15) is 0 Å². The molecule has 16 heavy (non-hydrogen) atoms. The Kier molecular flexibility index (Phi) is 4.67. The SMILES string of the molecule is COC1C(C)OC(O)C(OC(C)=O)C1OC. The maximum Gasteiger partial charge on any atom is 0.303 e. The molecule has 0 aromatic heterocycles. The Morgan fingerprint density at radius 3 is 2.19 bits per heavy atom. The molecule has 1 saturated heterocycles. The zero-order valence-corrected chi connectivity index (χ0v) is 9.88. The summed E-state index contributed by atoms with van der Waals surface area (Å²) in [6.07, 6.45) is -3.35. The van der Waals surface area contributed by atoms with E-state index < -0.39 is 30.6 Å². The van der Waals surface area contributed by atoms with Gasteiger partial charge in [0.1, 0.15) is 12.2 Å². The van der Waals surface area contributed by atoms with Crippen LogP contribution in [0, 0.1) is 0 Å². The number of methoxy groups -OCH3 is 2. The molecule has 0 aliphatic carbocycles. The van der Waals surface area contributed by atoms with E-state index in [1.54, 1.807) is 6.92 Å². The number of rotatable bonds is 3. The molecular weight excluding hydrogens is 216 g/mol. The van der Waals surface area contributed by atoms with Crippen molar-refractivity contribution < 1.29 is 28.8 Å². The van der Waals surface area contributed by atoms with Crippen molar-refractivity contribution in [2.45, 2.75) is 44.6 Å². The lowest BCUT2D eigenvalue weighted by Gasteiger charge is -2.41. The molecular formula is C10H18O6. The molecule has 0 spiro atoms. The highest BCUT2D eigenvalue weighted by Crippen LogP contribution is 2.25. The Morgan fingerprint density at radius 2 is 1.75 bits per heavy atom. The predicted molar refractivity (Wildman–Crippen MR) is 53.7 cm³/mol. The molecule has 1 aliphatic heterocycles. The van der Waals surface area contributed by atoms with E-state index in [1.165, 1.54) is 21.1 Å². The van der Waals surface area contributed by atoms with E-state index in [1.807, 2.05) is 0 Å². The van der Waals surface area contributed by atoms with Crippen molar-refractivity contribution >= 4 is 5.97 Å². The van der Waals surface area contributed by atoms with Crippen LogP contribution in [0.4, 0.5) is 0 Å². The van der Waals surface area contributed by atoms with Crippen LogP contribution in [0.3, 0.4) is 0 Å². The summed E-state index contributed by atoms with van der Waals surface area (Å²) in [6, 6.07) is 0. The third kappa shape index (κ3) is 2.70. The van der Waals surface area contributed by atoms with E-state index in [4.69, 9.17) is 18.9 Å². The molecule has 5 atom stereocenters. The molecule has 0 radical (unpaired) electrons. The first-order valence-electron chi connectivity index (χ1n) is 5.07. The minimum absolute atomic E-state index is 0.336. The number of aliphatic hydroxyl groups is 1. The number of carbonyl (C=O) groups excluding carboxylic acids is 1. The van der Waals surface area contributed by atoms with Crippen LogP contribution in [0.15, 0.2) is 0 Å². The topological polar surface area (TPSA) is 74.2 Å². The molecule has 1 aliphatic rings. The second-order valence-corrected chi connectivity index (χ2v) is 3.71. The van der Waals surface area contributed by atoms with Gasteiger partial charge in [-0.05, 0) is 6.92 Å². The summed E-state index contributed by atoms with van der Waals surface area (Å²) in [5.74, 6) is -0.501. The Morgan fingerprint density at radius 1 is 1.19 bits per heavy atom. The van der Waals surface area contributed by atoms with Gasteiger partial charge in [0.25, 0.3) is 0 Å². The molecule has 6 heteroatoms. The summed E-state index contributed by atoms with van der Waals surface area (Å²) < 4.78 is 20.6. The smallest absolute Gasteiger partial charge is 0.303 e. The first kappa shape index (κ1) is 13.4. The van der Waals surface area contributed by atoms with Gasteiger partial charge in [0.2, 0.25) is 0 Å². The molecule has 0 saturated carbocycles. The fourth-order valence-electron chi connectivity index (χ4n) is 1.90. The van der Waals surface area contributed by atoms with Crippen molar-refractivity contribution in [3.05, 3.63) is 0 Å². The van der Waals surface area contributed by atoms with Crippen LogP contribution < -0.4 is 0 Å². The molecule has 0 aromatic rings. The Hall–Kier alpha value is -0.690. The molecule has 5 unspecified atom stereocenters. The van der Waals surface area contributed by atoms with E-state index in [9.17, 15) is 9.90 Å². The van der Waals surface area contributed by atoms with Crippen LogP contribution in [0.1, 0.15) is 13.8 Å². The summed E-state index contributed by atoms with van der Waals surface area (Å²) in [6.45, 7) is 3.02. The van der Waals surface area contributed by atoms with Crippen LogP contribution >= 0.6 is 0 Å². The van der Waals surface area contributed by atoms with Crippen molar-refractivity contribution in [2.75, 3.05) is 14.2 Å². The van der Waals surface area contributed by atoms with E-state index >= 15 is 0 Å². The van der Waals surface area contributed by atoms with Gasteiger partial charge in [-0.25, -0.2) is 0 Å². The van der Waals surface area contributed by atoms with E-state index in [-0.39, 0.29) is 6.10 Å². The lowest BCUT2D eigenvalue weighted by atomic mass is 9.99. The highest BCUT2D eigenvalue weighted by atomic mass is 16.7. The summed E-state index contributed by atoms with van der Waals surface area (Å²) in [7, 11) is 2.98. The number of hydrogen-bond acceptors (Lipinski definition) is 6. The second-order valence-electron chi connectivity index (χ2n) is 3.71. The lowest BCUT2D eigenvalue weighted by molar-refractivity contribution is -0.290. The van der Waals surface area contributed by atoms with Crippen LogP contribution in [-0.4, -0.2) is 56.0 Å². The molecule has 1 rings (SSSR count). The van der Waals surface area contributed by atoms with Gasteiger partial charge in [-0.15, -0.1) is 0 Å². The number of esters is 1. The average molecular weight is 234 g/mol. The van der Waals surface area contributed by atoms with Crippen molar-refractivity contribution in [3.63, 3.8) is 0 Å². The lowest BCUT2D eigenvalue weighted by Crippen LogP contribution is -2.59. The van der Waals surface area contributed by atoms with Crippen molar-refractivity contribution in [1.82, 2.24) is 0 Å². The molecule has 1 fully saturated rings. The summed E-state index contributed by atoms with van der Waals surface area (Å²) in [5.41, 5.74) is 0. The normalized spacial score (nSPS) is 39.4. The van der Waals surface area contributed by atoms with E-state index in [0.717, 1.165) is 0 Å². The van der Waals surface area contributed by atoms with Crippen molar-refractivity contribution in [2.24, 2.45) is 0 Å². The minimum Gasteiger partial charge on any atom is -0.454 e. The van der Waals surface area contributed by atoms with Crippen LogP contribution in [0.2, 0.25) is 0 Å².